The molecule has 0 unspecified atom stereocenters. The smallest absolute Gasteiger partial charge is 0.0248 e. The van der Waals surface area contributed by atoms with Crippen LogP contribution >= 0.6 is 11.3 Å². The standard InChI is InChI=1S/C10H16N2S/c1-8(6-11)12-4-2-10-9(7-12)3-5-13-10/h3,5,8H,2,4,6-7,11H2,1H3/t8-/m1/s1. The Morgan fingerprint density at radius 1 is 1.69 bits per heavy atom. The summed E-state index contributed by atoms with van der Waals surface area (Å²) in [5, 5.41) is 2.20. The van der Waals surface area contributed by atoms with E-state index in [0.717, 1.165) is 13.1 Å². The van der Waals surface area contributed by atoms with Crippen LogP contribution in [0.3, 0.4) is 0 Å². The lowest BCUT2D eigenvalue weighted by atomic mass is 10.1. The summed E-state index contributed by atoms with van der Waals surface area (Å²) in [5.74, 6) is 0. The molecule has 3 heteroatoms. The molecule has 2 heterocycles. The molecule has 2 rings (SSSR count). The van der Waals surface area contributed by atoms with Crippen molar-refractivity contribution in [3.05, 3.63) is 21.9 Å². The van der Waals surface area contributed by atoms with Crippen molar-refractivity contribution in [2.45, 2.75) is 25.9 Å². The molecule has 0 saturated heterocycles. The molecular formula is C10H16N2S. The molecule has 13 heavy (non-hydrogen) atoms. The Morgan fingerprint density at radius 2 is 2.54 bits per heavy atom. The van der Waals surface area contributed by atoms with Crippen molar-refractivity contribution in [2.24, 2.45) is 5.73 Å². The lowest BCUT2D eigenvalue weighted by Gasteiger charge is -2.31. The van der Waals surface area contributed by atoms with Gasteiger partial charge >= 0.3 is 0 Å². The molecule has 0 fully saturated rings. The van der Waals surface area contributed by atoms with E-state index in [1.165, 1.54) is 18.5 Å². The van der Waals surface area contributed by atoms with Gasteiger partial charge in [0.1, 0.15) is 0 Å². The molecule has 1 aromatic heterocycles. The highest BCUT2D eigenvalue weighted by Gasteiger charge is 2.19. The molecule has 1 aromatic rings. The number of rotatable bonds is 2. The van der Waals surface area contributed by atoms with Crippen molar-refractivity contribution in [3.63, 3.8) is 0 Å². The first-order valence-electron chi connectivity index (χ1n) is 4.80. The van der Waals surface area contributed by atoms with E-state index in [4.69, 9.17) is 5.73 Å². The zero-order valence-electron chi connectivity index (χ0n) is 7.99. The van der Waals surface area contributed by atoms with Gasteiger partial charge in [-0.15, -0.1) is 11.3 Å². The van der Waals surface area contributed by atoms with E-state index >= 15 is 0 Å². The van der Waals surface area contributed by atoms with E-state index in [1.807, 2.05) is 11.3 Å². The molecule has 72 valence electrons. The minimum atomic E-state index is 0.521. The van der Waals surface area contributed by atoms with Crippen molar-refractivity contribution in [2.75, 3.05) is 13.1 Å². The van der Waals surface area contributed by atoms with Crippen LogP contribution in [0.15, 0.2) is 11.4 Å². The quantitative estimate of drug-likeness (QED) is 0.776. The summed E-state index contributed by atoms with van der Waals surface area (Å²) in [6.45, 7) is 5.24. The van der Waals surface area contributed by atoms with Gasteiger partial charge in [-0.25, -0.2) is 0 Å². The van der Waals surface area contributed by atoms with Crippen LogP contribution in [0.4, 0.5) is 0 Å². The molecule has 1 atom stereocenters. The molecule has 0 spiro atoms. The monoisotopic (exact) mass is 196 g/mol. The first-order chi connectivity index (χ1) is 6.31. The Morgan fingerprint density at radius 3 is 3.31 bits per heavy atom. The van der Waals surface area contributed by atoms with Crippen LogP contribution < -0.4 is 5.73 Å². The second-order valence-electron chi connectivity index (χ2n) is 3.67. The molecule has 0 saturated carbocycles. The van der Waals surface area contributed by atoms with E-state index in [1.54, 1.807) is 4.88 Å². The third kappa shape index (κ3) is 1.77. The van der Waals surface area contributed by atoms with Crippen LogP contribution in [0.1, 0.15) is 17.4 Å². The summed E-state index contributed by atoms with van der Waals surface area (Å²) < 4.78 is 0. The van der Waals surface area contributed by atoms with Gasteiger partial charge in [0.25, 0.3) is 0 Å². The van der Waals surface area contributed by atoms with Gasteiger partial charge in [-0.2, -0.15) is 0 Å². The molecule has 0 amide bonds. The van der Waals surface area contributed by atoms with Crippen LogP contribution in [0.2, 0.25) is 0 Å². The molecule has 0 radical (unpaired) electrons. The summed E-state index contributed by atoms with van der Waals surface area (Å²) in [4.78, 5) is 4.04. The van der Waals surface area contributed by atoms with Crippen LogP contribution in [0.5, 0.6) is 0 Å². The van der Waals surface area contributed by atoms with E-state index < -0.39 is 0 Å². The molecular weight excluding hydrogens is 180 g/mol. The van der Waals surface area contributed by atoms with Gasteiger partial charge in [0.2, 0.25) is 0 Å². The fourth-order valence-electron chi connectivity index (χ4n) is 1.80. The van der Waals surface area contributed by atoms with Crippen molar-refractivity contribution < 1.29 is 0 Å². The number of nitrogens with two attached hydrogens (primary N) is 1. The molecule has 0 aliphatic carbocycles. The second-order valence-corrected chi connectivity index (χ2v) is 4.67. The fourth-order valence-corrected chi connectivity index (χ4v) is 2.69. The summed E-state index contributed by atoms with van der Waals surface area (Å²) in [6.07, 6.45) is 1.21. The number of hydrogen-bond donors (Lipinski definition) is 1. The van der Waals surface area contributed by atoms with E-state index in [9.17, 15) is 0 Å². The van der Waals surface area contributed by atoms with Crippen LogP contribution in [0, 0.1) is 0 Å². The largest absolute Gasteiger partial charge is 0.329 e. The Kier molecular flexibility index (Phi) is 2.67. The fraction of sp³-hybridized carbons (Fsp3) is 0.600. The lowest BCUT2D eigenvalue weighted by Crippen LogP contribution is -2.41. The summed E-state index contributed by atoms with van der Waals surface area (Å²) in [6, 6.07) is 2.77. The maximum atomic E-state index is 5.66. The maximum absolute atomic E-state index is 5.66. The van der Waals surface area contributed by atoms with E-state index in [0.29, 0.717) is 6.04 Å². The summed E-state index contributed by atoms with van der Waals surface area (Å²) >= 11 is 1.89. The van der Waals surface area contributed by atoms with Crippen LogP contribution in [-0.2, 0) is 13.0 Å². The van der Waals surface area contributed by atoms with E-state index in [-0.39, 0.29) is 0 Å². The minimum absolute atomic E-state index is 0.521. The molecule has 2 N–H and O–H groups in total. The van der Waals surface area contributed by atoms with Gasteiger partial charge in [0, 0.05) is 30.6 Å². The summed E-state index contributed by atoms with van der Waals surface area (Å²) in [7, 11) is 0. The SMILES string of the molecule is C[C@H](CN)N1CCc2sccc2C1. The average Bonchev–Trinajstić information content (AvgIpc) is 2.63. The Labute approximate surface area is 83.4 Å². The molecule has 0 bridgehead atoms. The topological polar surface area (TPSA) is 29.3 Å². The molecule has 1 aliphatic rings. The molecule has 2 nitrogen and oxygen atoms in total. The normalized spacial score (nSPS) is 19.8. The molecule has 1 aliphatic heterocycles. The van der Waals surface area contributed by atoms with Crippen molar-refractivity contribution in [1.82, 2.24) is 4.90 Å². The summed E-state index contributed by atoms with van der Waals surface area (Å²) in [5.41, 5.74) is 7.17. The van der Waals surface area contributed by atoms with Crippen molar-refractivity contribution in [3.8, 4) is 0 Å². The predicted molar refractivity (Wildman–Crippen MR) is 56.9 cm³/mol. The second kappa shape index (κ2) is 3.78. The number of hydrogen-bond acceptors (Lipinski definition) is 3. The Bertz CT molecular complexity index is 282. The maximum Gasteiger partial charge on any atom is 0.0248 e. The van der Waals surface area contributed by atoms with Gasteiger partial charge in [0.05, 0.1) is 0 Å². The van der Waals surface area contributed by atoms with Gasteiger partial charge < -0.3 is 5.73 Å². The zero-order chi connectivity index (χ0) is 9.26. The first kappa shape index (κ1) is 9.19. The number of nitrogens with zero attached hydrogens (tertiary/aromatic N) is 1. The van der Waals surface area contributed by atoms with Crippen molar-refractivity contribution in [1.29, 1.82) is 0 Å². The third-order valence-corrected chi connectivity index (χ3v) is 3.82. The lowest BCUT2D eigenvalue weighted by molar-refractivity contribution is 0.196. The highest BCUT2D eigenvalue weighted by molar-refractivity contribution is 7.10. The van der Waals surface area contributed by atoms with E-state index in [2.05, 4.69) is 23.3 Å². The Hall–Kier alpha value is -0.380. The van der Waals surface area contributed by atoms with Gasteiger partial charge in [-0.05, 0) is 30.4 Å². The number of thiophene rings is 1. The predicted octanol–water partition coefficient (Wildman–Crippen LogP) is 1.45. The zero-order valence-corrected chi connectivity index (χ0v) is 8.81. The highest BCUT2D eigenvalue weighted by Crippen LogP contribution is 2.24. The van der Waals surface area contributed by atoms with Crippen molar-refractivity contribution >= 4 is 11.3 Å². The van der Waals surface area contributed by atoms with Crippen LogP contribution in [-0.4, -0.2) is 24.0 Å². The van der Waals surface area contributed by atoms with Crippen LogP contribution in [0.25, 0.3) is 0 Å². The number of fused-ring (bicyclic) bond motifs is 1. The molecule has 0 aromatic carbocycles. The first-order valence-corrected chi connectivity index (χ1v) is 5.68. The minimum Gasteiger partial charge on any atom is -0.329 e. The third-order valence-electron chi connectivity index (χ3n) is 2.80. The highest BCUT2D eigenvalue weighted by atomic mass is 32.1. The van der Waals surface area contributed by atoms with Gasteiger partial charge in [-0.1, -0.05) is 0 Å². The Balaban J connectivity index is 2.08. The average molecular weight is 196 g/mol. The van der Waals surface area contributed by atoms with Gasteiger partial charge in [0.15, 0.2) is 0 Å². The van der Waals surface area contributed by atoms with Gasteiger partial charge in [-0.3, -0.25) is 4.90 Å².